The summed E-state index contributed by atoms with van der Waals surface area (Å²) < 4.78 is 6.12. The van der Waals surface area contributed by atoms with Crippen LogP contribution in [0.2, 0.25) is 0 Å². The summed E-state index contributed by atoms with van der Waals surface area (Å²) in [5.74, 6) is 1.86. The average Bonchev–Trinajstić information content (AvgIpc) is 2.40. The summed E-state index contributed by atoms with van der Waals surface area (Å²) in [7, 11) is 1.98. The Morgan fingerprint density at radius 3 is 2.72 bits per heavy atom. The molecule has 1 aromatic rings. The minimum absolute atomic E-state index is 0.765. The third-order valence-electron chi connectivity index (χ3n) is 3.85. The van der Waals surface area contributed by atoms with E-state index in [0.717, 1.165) is 24.8 Å². The molecule has 2 nitrogen and oxygen atoms in total. The summed E-state index contributed by atoms with van der Waals surface area (Å²) in [6.45, 7) is 3.90. The first kappa shape index (κ1) is 13.4. The van der Waals surface area contributed by atoms with Crippen molar-refractivity contribution in [2.75, 3.05) is 13.7 Å². The molecule has 0 radical (unpaired) electrons. The Balaban J connectivity index is 1.98. The molecule has 0 atom stereocenters. The second kappa shape index (κ2) is 6.79. The highest BCUT2D eigenvalue weighted by Crippen LogP contribution is 2.27. The van der Waals surface area contributed by atoms with E-state index in [1.807, 2.05) is 7.05 Å². The molecule has 0 aromatic heterocycles. The van der Waals surface area contributed by atoms with E-state index in [1.165, 1.54) is 43.2 Å². The number of nitrogens with one attached hydrogen (secondary N) is 1. The van der Waals surface area contributed by atoms with Crippen molar-refractivity contribution in [3.8, 4) is 5.75 Å². The second-order valence-corrected chi connectivity index (χ2v) is 5.41. The molecule has 1 aliphatic carbocycles. The molecular formula is C16H25NO. The van der Waals surface area contributed by atoms with E-state index in [2.05, 4.69) is 30.4 Å². The van der Waals surface area contributed by atoms with E-state index in [1.54, 1.807) is 0 Å². The molecule has 2 rings (SSSR count). The van der Waals surface area contributed by atoms with Crippen molar-refractivity contribution in [3.63, 3.8) is 0 Å². The van der Waals surface area contributed by atoms with Gasteiger partial charge in [0.2, 0.25) is 0 Å². The van der Waals surface area contributed by atoms with E-state index in [4.69, 9.17) is 4.74 Å². The van der Waals surface area contributed by atoms with E-state index >= 15 is 0 Å². The summed E-state index contributed by atoms with van der Waals surface area (Å²) in [5, 5.41) is 3.21. The van der Waals surface area contributed by atoms with E-state index in [-0.39, 0.29) is 0 Å². The van der Waals surface area contributed by atoms with Gasteiger partial charge < -0.3 is 10.1 Å². The predicted octanol–water partition coefficient (Wildman–Crippen LogP) is 3.67. The van der Waals surface area contributed by atoms with Crippen LogP contribution in [-0.4, -0.2) is 13.7 Å². The van der Waals surface area contributed by atoms with Gasteiger partial charge in [0.1, 0.15) is 5.75 Å². The van der Waals surface area contributed by atoms with Gasteiger partial charge in [-0.2, -0.15) is 0 Å². The third kappa shape index (κ3) is 3.49. The summed E-state index contributed by atoms with van der Waals surface area (Å²) >= 11 is 0. The van der Waals surface area contributed by atoms with Crippen LogP contribution in [0.25, 0.3) is 0 Å². The van der Waals surface area contributed by atoms with Gasteiger partial charge in [0.15, 0.2) is 0 Å². The highest BCUT2D eigenvalue weighted by molar-refractivity contribution is 5.40. The lowest BCUT2D eigenvalue weighted by molar-refractivity contribution is 0.206. The number of ether oxygens (including phenoxy) is 1. The van der Waals surface area contributed by atoms with Gasteiger partial charge in [0.25, 0.3) is 0 Å². The number of para-hydroxylation sites is 1. The quantitative estimate of drug-likeness (QED) is 0.857. The first-order valence-corrected chi connectivity index (χ1v) is 7.17. The van der Waals surface area contributed by atoms with Crippen LogP contribution in [0.1, 0.15) is 43.2 Å². The Kier molecular flexibility index (Phi) is 5.06. The minimum atomic E-state index is 0.765. The van der Waals surface area contributed by atoms with Gasteiger partial charge in [0, 0.05) is 12.1 Å². The number of rotatable bonds is 5. The maximum absolute atomic E-state index is 6.12. The zero-order valence-corrected chi connectivity index (χ0v) is 11.7. The largest absolute Gasteiger partial charge is 0.493 e. The van der Waals surface area contributed by atoms with Gasteiger partial charge in [0.05, 0.1) is 6.61 Å². The Labute approximate surface area is 111 Å². The summed E-state index contributed by atoms with van der Waals surface area (Å²) in [5.41, 5.74) is 2.52. The fourth-order valence-electron chi connectivity index (χ4n) is 2.80. The molecule has 1 saturated carbocycles. The van der Waals surface area contributed by atoms with E-state index in [9.17, 15) is 0 Å². The molecule has 0 spiro atoms. The summed E-state index contributed by atoms with van der Waals surface area (Å²) in [6.07, 6.45) is 6.85. The zero-order chi connectivity index (χ0) is 12.8. The molecule has 0 bridgehead atoms. The van der Waals surface area contributed by atoms with E-state index < -0.39 is 0 Å². The predicted molar refractivity (Wildman–Crippen MR) is 76.0 cm³/mol. The Morgan fingerprint density at radius 1 is 1.22 bits per heavy atom. The van der Waals surface area contributed by atoms with Crippen molar-refractivity contribution in [1.29, 1.82) is 0 Å². The maximum atomic E-state index is 6.12. The van der Waals surface area contributed by atoms with Crippen molar-refractivity contribution in [1.82, 2.24) is 5.32 Å². The van der Waals surface area contributed by atoms with Gasteiger partial charge in [-0.3, -0.25) is 0 Å². The highest BCUT2D eigenvalue weighted by Gasteiger charge is 2.15. The molecular weight excluding hydrogens is 222 g/mol. The molecule has 0 aliphatic heterocycles. The summed E-state index contributed by atoms with van der Waals surface area (Å²) in [4.78, 5) is 0. The number of hydrogen-bond donors (Lipinski definition) is 1. The molecule has 0 amide bonds. The van der Waals surface area contributed by atoms with Crippen molar-refractivity contribution in [2.24, 2.45) is 5.92 Å². The van der Waals surface area contributed by atoms with Gasteiger partial charge >= 0.3 is 0 Å². The average molecular weight is 247 g/mol. The number of aryl methyl sites for hydroxylation is 1. The number of hydrogen-bond acceptors (Lipinski definition) is 2. The molecule has 0 saturated heterocycles. The van der Waals surface area contributed by atoms with Crippen LogP contribution in [0.15, 0.2) is 18.2 Å². The standard InChI is InChI=1S/C16H25NO/c1-13-7-6-10-15(11-17-2)16(13)18-12-14-8-4-3-5-9-14/h6-7,10,14,17H,3-5,8-9,11-12H2,1-2H3. The van der Waals surface area contributed by atoms with Crippen LogP contribution in [0.5, 0.6) is 5.75 Å². The van der Waals surface area contributed by atoms with Crippen LogP contribution in [0.4, 0.5) is 0 Å². The Hall–Kier alpha value is -1.02. The lowest BCUT2D eigenvalue weighted by atomic mass is 9.90. The van der Waals surface area contributed by atoms with Crippen molar-refractivity contribution in [2.45, 2.75) is 45.6 Å². The topological polar surface area (TPSA) is 21.3 Å². The maximum Gasteiger partial charge on any atom is 0.126 e. The van der Waals surface area contributed by atoms with Gasteiger partial charge in [-0.05, 0) is 38.3 Å². The zero-order valence-electron chi connectivity index (χ0n) is 11.7. The first-order valence-electron chi connectivity index (χ1n) is 7.17. The van der Waals surface area contributed by atoms with E-state index in [0.29, 0.717) is 0 Å². The molecule has 1 N–H and O–H groups in total. The Bertz CT molecular complexity index is 369. The summed E-state index contributed by atoms with van der Waals surface area (Å²) in [6, 6.07) is 6.39. The fourth-order valence-corrected chi connectivity index (χ4v) is 2.80. The molecule has 1 fully saturated rings. The second-order valence-electron chi connectivity index (χ2n) is 5.41. The van der Waals surface area contributed by atoms with Crippen LogP contribution >= 0.6 is 0 Å². The van der Waals surface area contributed by atoms with Crippen LogP contribution in [0.3, 0.4) is 0 Å². The van der Waals surface area contributed by atoms with Gasteiger partial charge in [-0.1, -0.05) is 37.5 Å². The Morgan fingerprint density at radius 2 is 2.00 bits per heavy atom. The first-order chi connectivity index (χ1) is 8.81. The van der Waals surface area contributed by atoms with Gasteiger partial charge in [-0.15, -0.1) is 0 Å². The van der Waals surface area contributed by atoms with Crippen LogP contribution in [0, 0.1) is 12.8 Å². The molecule has 100 valence electrons. The molecule has 1 aromatic carbocycles. The van der Waals surface area contributed by atoms with Gasteiger partial charge in [-0.25, -0.2) is 0 Å². The van der Waals surface area contributed by atoms with Crippen molar-refractivity contribution in [3.05, 3.63) is 29.3 Å². The molecule has 0 heterocycles. The highest BCUT2D eigenvalue weighted by atomic mass is 16.5. The third-order valence-corrected chi connectivity index (χ3v) is 3.85. The van der Waals surface area contributed by atoms with Crippen molar-refractivity contribution >= 4 is 0 Å². The lowest BCUT2D eigenvalue weighted by Gasteiger charge is -2.23. The molecule has 2 heteroatoms. The van der Waals surface area contributed by atoms with Crippen LogP contribution < -0.4 is 10.1 Å². The smallest absolute Gasteiger partial charge is 0.126 e. The normalized spacial score (nSPS) is 16.8. The SMILES string of the molecule is CNCc1cccc(C)c1OCC1CCCCC1. The fraction of sp³-hybridized carbons (Fsp3) is 0.625. The van der Waals surface area contributed by atoms with Crippen LogP contribution in [-0.2, 0) is 6.54 Å². The molecule has 0 unspecified atom stereocenters. The monoisotopic (exact) mass is 247 g/mol. The molecule has 18 heavy (non-hydrogen) atoms. The lowest BCUT2D eigenvalue weighted by Crippen LogP contribution is -2.17. The van der Waals surface area contributed by atoms with Crippen molar-refractivity contribution < 1.29 is 4.74 Å². The minimum Gasteiger partial charge on any atom is -0.493 e. The molecule has 1 aliphatic rings. The number of benzene rings is 1.